The maximum atomic E-state index is 11.7. The van der Waals surface area contributed by atoms with E-state index in [-0.39, 0.29) is 11.3 Å². The zero-order chi connectivity index (χ0) is 15.5. The van der Waals surface area contributed by atoms with Crippen molar-refractivity contribution in [2.45, 2.75) is 71.6 Å². The Hall–Kier alpha value is -0.790. The predicted molar refractivity (Wildman–Crippen MR) is 87.4 cm³/mol. The molecular weight excluding hydrogens is 272 g/mol. The van der Waals surface area contributed by atoms with Crippen molar-refractivity contribution in [2.75, 3.05) is 0 Å². The summed E-state index contributed by atoms with van der Waals surface area (Å²) in [6, 6.07) is 0. The molecule has 0 aromatic rings. The third kappa shape index (κ3) is 1.82. The van der Waals surface area contributed by atoms with Crippen LogP contribution < -0.4 is 0 Å². The van der Waals surface area contributed by atoms with Gasteiger partial charge in [0.25, 0.3) is 0 Å². The fourth-order valence-corrected chi connectivity index (χ4v) is 7.16. The maximum Gasteiger partial charge on any atom is 0.307 e. The molecule has 0 saturated heterocycles. The Labute approximate surface area is 134 Å². The molecule has 0 aromatic heterocycles. The molecule has 4 aliphatic rings. The minimum absolute atomic E-state index is 0.0687. The Morgan fingerprint density at radius 3 is 2.73 bits per heavy atom. The Balaban J connectivity index is 1.67. The van der Waals surface area contributed by atoms with Gasteiger partial charge < -0.3 is 5.11 Å². The summed E-state index contributed by atoms with van der Waals surface area (Å²) in [5.41, 5.74) is 2.25. The van der Waals surface area contributed by atoms with Crippen molar-refractivity contribution in [3.63, 3.8) is 0 Å². The molecule has 1 N–H and O–H groups in total. The molecule has 6 atom stereocenters. The largest absolute Gasteiger partial charge is 0.481 e. The van der Waals surface area contributed by atoms with Gasteiger partial charge in [0.1, 0.15) is 0 Å². The van der Waals surface area contributed by atoms with Gasteiger partial charge in [0, 0.05) is 0 Å². The highest BCUT2D eigenvalue weighted by Gasteiger charge is 2.59. The number of aliphatic carboxylic acids is 1. The number of hydrogen-bond acceptors (Lipinski definition) is 1. The molecule has 2 nitrogen and oxygen atoms in total. The lowest BCUT2D eigenvalue weighted by molar-refractivity contribution is -0.149. The van der Waals surface area contributed by atoms with Crippen molar-refractivity contribution in [1.29, 1.82) is 0 Å². The lowest BCUT2D eigenvalue weighted by Gasteiger charge is -2.58. The number of carboxylic acid groups (broad SMARTS) is 1. The summed E-state index contributed by atoms with van der Waals surface area (Å²) in [6.45, 7) is 4.83. The molecule has 0 unspecified atom stereocenters. The quantitative estimate of drug-likeness (QED) is 0.689. The first-order valence-electron chi connectivity index (χ1n) is 9.39. The minimum Gasteiger partial charge on any atom is -0.481 e. The van der Waals surface area contributed by atoms with Crippen LogP contribution in [0.4, 0.5) is 0 Å². The van der Waals surface area contributed by atoms with Crippen molar-refractivity contribution in [2.24, 2.45) is 34.5 Å². The van der Waals surface area contributed by atoms with Crippen LogP contribution in [-0.2, 0) is 4.79 Å². The first kappa shape index (κ1) is 14.8. The Kier molecular flexibility index (Phi) is 3.26. The molecule has 0 bridgehead atoms. The fourth-order valence-electron chi connectivity index (χ4n) is 7.16. The number of hydrogen-bond donors (Lipinski definition) is 1. The van der Waals surface area contributed by atoms with E-state index in [1.807, 2.05) is 0 Å². The van der Waals surface area contributed by atoms with E-state index in [0.29, 0.717) is 11.3 Å². The van der Waals surface area contributed by atoms with Gasteiger partial charge in [-0.3, -0.25) is 4.79 Å². The highest BCUT2D eigenvalue weighted by Crippen LogP contribution is 2.66. The lowest BCUT2D eigenvalue weighted by Crippen LogP contribution is -2.50. The number of carbonyl (C=O) groups is 1. The van der Waals surface area contributed by atoms with E-state index in [1.54, 1.807) is 5.57 Å². The van der Waals surface area contributed by atoms with Gasteiger partial charge >= 0.3 is 5.97 Å². The number of carboxylic acids is 1. The van der Waals surface area contributed by atoms with E-state index < -0.39 is 5.97 Å². The summed E-state index contributed by atoms with van der Waals surface area (Å²) in [7, 11) is 0. The molecule has 0 aliphatic heterocycles. The molecule has 4 aliphatic carbocycles. The van der Waals surface area contributed by atoms with Crippen LogP contribution in [0, 0.1) is 34.5 Å². The topological polar surface area (TPSA) is 37.3 Å². The summed E-state index contributed by atoms with van der Waals surface area (Å²) in [6.07, 6.45) is 13.6. The summed E-state index contributed by atoms with van der Waals surface area (Å²) in [5.74, 6) is 1.63. The number of fused-ring (bicyclic) bond motifs is 5. The molecule has 0 amide bonds. The Bertz CT molecular complexity index is 522. The van der Waals surface area contributed by atoms with E-state index in [1.165, 1.54) is 38.5 Å². The zero-order valence-electron chi connectivity index (χ0n) is 14.1. The zero-order valence-corrected chi connectivity index (χ0v) is 14.1. The van der Waals surface area contributed by atoms with Crippen LogP contribution in [0.5, 0.6) is 0 Å². The van der Waals surface area contributed by atoms with E-state index in [0.717, 1.165) is 31.1 Å². The van der Waals surface area contributed by atoms with Gasteiger partial charge in [-0.05, 0) is 86.4 Å². The molecule has 0 aromatic carbocycles. The lowest BCUT2D eigenvalue weighted by atomic mass is 9.47. The van der Waals surface area contributed by atoms with Crippen molar-refractivity contribution in [3.8, 4) is 0 Å². The van der Waals surface area contributed by atoms with E-state index >= 15 is 0 Å². The third-order valence-corrected chi connectivity index (χ3v) is 8.33. The van der Waals surface area contributed by atoms with Crippen LogP contribution in [-0.4, -0.2) is 11.1 Å². The molecule has 22 heavy (non-hydrogen) atoms. The average Bonchev–Trinajstić information content (AvgIpc) is 2.84. The molecule has 0 heterocycles. The van der Waals surface area contributed by atoms with Gasteiger partial charge in [0.05, 0.1) is 5.92 Å². The summed E-state index contributed by atoms with van der Waals surface area (Å²) >= 11 is 0. The normalized spacial score (nSPS) is 50.5. The van der Waals surface area contributed by atoms with Gasteiger partial charge in [-0.1, -0.05) is 25.5 Å². The second kappa shape index (κ2) is 4.85. The van der Waals surface area contributed by atoms with Crippen LogP contribution in [0.15, 0.2) is 11.6 Å². The molecule has 3 fully saturated rings. The fraction of sp³-hybridized carbons (Fsp3) is 0.850. The molecular formula is C20H30O2. The predicted octanol–water partition coefficient (Wildman–Crippen LogP) is 5.04. The van der Waals surface area contributed by atoms with Crippen molar-refractivity contribution in [1.82, 2.24) is 0 Å². The number of allylic oxidation sites excluding steroid dienone is 2. The molecule has 4 rings (SSSR count). The van der Waals surface area contributed by atoms with Gasteiger partial charge in [0.15, 0.2) is 0 Å². The Morgan fingerprint density at radius 2 is 1.95 bits per heavy atom. The van der Waals surface area contributed by atoms with Crippen molar-refractivity contribution in [3.05, 3.63) is 11.6 Å². The van der Waals surface area contributed by atoms with Crippen molar-refractivity contribution >= 4 is 5.97 Å². The van der Waals surface area contributed by atoms with E-state index in [9.17, 15) is 9.90 Å². The molecule has 2 heteroatoms. The first-order chi connectivity index (χ1) is 10.5. The minimum atomic E-state index is -0.538. The highest BCUT2D eigenvalue weighted by molar-refractivity contribution is 5.71. The SMILES string of the molecule is C[C@]12CC[C@H]3[C@@H](CCC4=CCCC[C@@]43C)[C@@H]1CC[C@@H]2C(=O)O. The van der Waals surface area contributed by atoms with E-state index in [4.69, 9.17) is 0 Å². The highest BCUT2D eigenvalue weighted by atomic mass is 16.4. The second-order valence-corrected chi connectivity index (χ2v) is 8.97. The van der Waals surface area contributed by atoms with Crippen LogP contribution >= 0.6 is 0 Å². The smallest absolute Gasteiger partial charge is 0.307 e. The van der Waals surface area contributed by atoms with Gasteiger partial charge in [0.2, 0.25) is 0 Å². The maximum absolute atomic E-state index is 11.7. The second-order valence-electron chi connectivity index (χ2n) is 8.97. The molecule has 122 valence electrons. The van der Waals surface area contributed by atoms with E-state index in [2.05, 4.69) is 19.9 Å². The monoisotopic (exact) mass is 302 g/mol. The van der Waals surface area contributed by atoms with Gasteiger partial charge in [-0.15, -0.1) is 0 Å². The number of rotatable bonds is 1. The molecule has 0 radical (unpaired) electrons. The first-order valence-corrected chi connectivity index (χ1v) is 9.39. The van der Waals surface area contributed by atoms with Crippen LogP contribution in [0.1, 0.15) is 71.6 Å². The van der Waals surface area contributed by atoms with Crippen LogP contribution in [0.2, 0.25) is 0 Å². The van der Waals surface area contributed by atoms with Gasteiger partial charge in [-0.2, -0.15) is 0 Å². The van der Waals surface area contributed by atoms with Crippen molar-refractivity contribution < 1.29 is 9.90 Å². The summed E-state index contributed by atoms with van der Waals surface area (Å²) in [4.78, 5) is 11.7. The molecule has 3 saturated carbocycles. The van der Waals surface area contributed by atoms with Crippen LogP contribution in [0.25, 0.3) is 0 Å². The standard InChI is InChI=1S/C20H30O2/c1-19-11-4-3-5-13(19)6-7-14-15-8-9-17(18(21)22)20(15,2)12-10-16(14)19/h5,14-17H,3-4,6-12H2,1-2H3,(H,21,22)/t14-,15-,16-,17+,19-,20-/m0/s1. The Morgan fingerprint density at radius 1 is 1.14 bits per heavy atom. The van der Waals surface area contributed by atoms with Crippen LogP contribution in [0.3, 0.4) is 0 Å². The summed E-state index contributed by atoms with van der Waals surface area (Å²) in [5, 5.41) is 9.64. The molecule has 0 spiro atoms. The third-order valence-electron chi connectivity index (χ3n) is 8.33. The summed E-state index contributed by atoms with van der Waals surface area (Å²) < 4.78 is 0. The average molecular weight is 302 g/mol. The van der Waals surface area contributed by atoms with Gasteiger partial charge in [-0.25, -0.2) is 0 Å².